The zero-order valence-electron chi connectivity index (χ0n) is 17.5. The summed E-state index contributed by atoms with van der Waals surface area (Å²) in [6, 6.07) is 0.190. The second-order valence-corrected chi connectivity index (χ2v) is 9.46. The highest BCUT2D eigenvalue weighted by atomic mass is 16.5. The Morgan fingerprint density at radius 2 is 1.93 bits per heavy atom. The largest absolute Gasteiger partial charge is 0.381 e. The molecule has 5 heteroatoms. The summed E-state index contributed by atoms with van der Waals surface area (Å²) in [4.78, 5) is 25.7. The molecule has 1 fully saturated rings. The molecular formula is C22H34N2O3. The molecule has 1 aliphatic carbocycles. The average Bonchev–Trinajstić information content (AvgIpc) is 2.80. The lowest BCUT2D eigenvalue weighted by Crippen LogP contribution is -2.39. The molecule has 1 N–H and O–H groups in total. The summed E-state index contributed by atoms with van der Waals surface area (Å²) < 4.78 is 7.67. The lowest BCUT2D eigenvalue weighted by molar-refractivity contribution is -0.121. The quantitative estimate of drug-likeness (QED) is 0.859. The van der Waals surface area contributed by atoms with Crippen LogP contribution < -0.4 is 5.32 Å². The molecule has 0 atom stereocenters. The fourth-order valence-electron chi connectivity index (χ4n) is 4.52. The Labute approximate surface area is 162 Å². The van der Waals surface area contributed by atoms with Gasteiger partial charge >= 0.3 is 0 Å². The number of amides is 1. The number of hydrogen-bond donors (Lipinski definition) is 1. The van der Waals surface area contributed by atoms with Gasteiger partial charge in [0.1, 0.15) is 0 Å². The Bertz CT molecular complexity index is 724. The predicted molar refractivity (Wildman–Crippen MR) is 106 cm³/mol. The first-order chi connectivity index (χ1) is 12.7. The van der Waals surface area contributed by atoms with Gasteiger partial charge in [0.15, 0.2) is 5.78 Å². The van der Waals surface area contributed by atoms with Crippen molar-refractivity contribution in [3.8, 4) is 0 Å². The first-order valence-corrected chi connectivity index (χ1v) is 10.3. The smallest absolute Gasteiger partial charge is 0.224 e. The van der Waals surface area contributed by atoms with Gasteiger partial charge in [-0.25, -0.2) is 0 Å². The van der Waals surface area contributed by atoms with Crippen LogP contribution in [0.5, 0.6) is 0 Å². The minimum absolute atomic E-state index is 0.0205. The molecule has 1 aromatic rings. The van der Waals surface area contributed by atoms with Crippen LogP contribution in [-0.4, -0.2) is 35.5 Å². The Morgan fingerprint density at radius 1 is 1.26 bits per heavy atom. The van der Waals surface area contributed by atoms with E-state index in [1.165, 1.54) is 0 Å². The predicted octanol–water partition coefficient (Wildman–Crippen LogP) is 3.45. The maximum atomic E-state index is 13.0. The van der Waals surface area contributed by atoms with E-state index in [4.69, 9.17) is 4.74 Å². The minimum atomic E-state index is -0.0226. The average molecular weight is 375 g/mol. The highest BCUT2D eigenvalue weighted by molar-refractivity contribution is 6.01. The summed E-state index contributed by atoms with van der Waals surface area (Å²) in [6.45, 7) is 13.1. The molecule has 150 valence electrons. The number of nitrogens with one attached hydrogen (secondary N) is 1. The number of ether oxygens (including phenoxy) is 1. The molecule has 0 aromatic carbocycles. The number of Topliss-reactive ketones (excluding diaryl/α,β-unsaturated/α-hetero) is 1. The number of carbonyl (C=O) groups is 2. The molecule has 0 radical (unpaired) electrons. The van der Waals surface area contributed by atoms with E-state index in [1.807, 2.05) is 0 Å². The van der Waals surface area contributed by atoms with Gasteiger partial charge in [0.05, 0.1) is 6.42 Å². The molecule has 5 nitrogen and oxygen atoms in total. The van der Waals surface area contributed by atoms with Crippen molar-refractivity contribution in [1.82, 2.24) is 9.88 Å². The fourth-order valence-corrected chi connectivity index (χ4v) is 4.52. The van der Waals surface area contributed by atoms with Crippen LogP contribution in [0.25, 0.3) is 0 Å². The van der Waals surface area contributed by atoms with Crippen LogP contribution in [0.4, 0.5) is 0 Å². The highest BCUT2D eigenvalue weighted by Crippen LogP contribution is 2.39. The van der Waals surface area contributed by atoms with E-state index in [2.05, 4.69) is 44.5 Å². The van der Waals surface area contributed by atoms with E-state index < -0.39 is 0 Å². The van der Waals surface area contributed by atoms with E-state index in [9.17, 15) is 9.59 Å². The van der Waals surface area contributed by atoms with Crippen LogP contribution in [0.1, 0.15) is 74.3 Å². The first kappa shape index (κ1) is 20.1. The third kappa shape index (κ3) is 4.45. The van der Waals surface area contributed by atoms with Gasteiger partial charge in [0, 0.05) is 49.2 Å². The molecule has 0 spiro atoms. The standard InChI is InChI=1S/C22H34N2O3/c1-14(2)13-24-15(3)17(10-20(26)23-16-6-8-27-9-7-16)21-18(24)11-22(4,5)12-19(21)25/h14,16H,6-13H2,1-5H3,(H,23,26). The van der Waals surface area contributed by atoms with Gasteiger partial charge in [-0.1, -0.05) is 27.7 Å². The SMILES string of the molecule is Cc1c(CC(=O)NC2CCOCC2)c2c(n1CC(C)C)CC(C)(C)CC2=O. The van der Waals surface area contributed by atoms with E-state index in [1.54, 1.807) is 0 Å². The lowest BCUT2D eigenvalue weighted by Gasteiger charge is -2.30. The molecule has 1 aromatic heterocycles. The summed E-state index contributed by atoms with van der Waals surface area (Å²) in [5.41, 5.74) is 3.97. The lowest BCUT2D eigenvalue weighted by atomic mass is 9.75. The van der Waals surface area contributed by atoms with Crippen LogP contribution in [0.15, 0.2) is 0 Å². The molecule has 3 rings (SSSR count). The molecule has 1 aliphatic heterocycles. The Balaban J connectivity index is 1.89. The second-order valence-electron chi connectivity index (χ2n) is 9.46. The van der Waals surface area contributed by atoms with Gasteiger partial charge in [0.2, 0.25) is 5.91 Å². The zero-order valence-corrected chi connectivity index (χ0v) is 17.5. The van der Waals surface area contributed by atoms with Gasteiger partial charge in [0.25, 0.3) is 0 Å². The van der Waals surface area contributed by atoms with Crippen LogP contribution >= 0.6 is 0 Å². The van der Waals surface area contributed by atoms with Crippen LogP contribution in [0.3, 0.4) is 0 Å². The van der Waals surface area contributed by atoms with E-state index >= 15 is 0 Å². The Morgan fingerprint density at radius 3 is 2.56 bits per heavy atom. The molecule has 27 heavy (non-hydrogen) atoms. The van der Waals surface area contributed by atoms with Crippen LogP contribution in [-0.2, 0) is 28.9 Å². The van der Waals surface area contributed by atoms with Crippen molar-refractivity contribution in [1.29, 1.82) is 0 Å². The first-order valence-electron chi connectivity index (χ1n) is 10.3. The monoisotopic (exact) mass is 374 g/mol. The van der Waals surface area contributed by atoms with Crippen molar-refractivity contribution in [2.75, 3.05) is 13.2 Å². The molecule has 0 unspecified atom stereocenters. The van der Waals surface area contributed by atoms with Crippen molar-refractivity contribution in [3.63, 3.8) is 0 Å². The summed E-state index contributed by atoms with van der Waals surface area (Å²) in [7, 11) is 0. The van der Waals surface area contributed by atoms with Crippen molar-refractivity contribution >= 4 is 11.7 Å². The van der Waals surface area contributed by atoms with Gasteiger partial charge in [-0.15, -0.1) is 0 Å². The number of rotatable bonds is 5. The molecule has 1 amide bonds. The number of nitrogens with zero attached hydrogens (tertiary/aromatic N) is 1. The number of carbonyl (C=O) groups excluding carboxylic acids is 2. The maximum absolute atomic E-state index is 13.0. The zero-order chi connectivity index (χ0) is 19.8. The van der Waals surface area contributed by atoms with Crippen molar-refractivity contribution in [3.05, 3.63) is 22.5 Å². The number of fused-ring (bicyclic) bond motifs is 1. The summed E-state index contributed by atoms with van der Waals surface area (Å²) in [5.74, 6) is 0.706. The van der Waals surface area contributed by atoms with Crippen molar-refractivity contribution < 1.29 is 14.3 Å². The number of hydrogen-bond acceptors (Lipinski definition) is 3. The van der Waals surface area contributed by atoms with Crippen molar-refractivity contribution in [2.24, 2.45) is 11.3 Å². The van der Waals surface area contributed by atoms with E-state index in [0.717, 1.165) is 48.3 Å². The topological polar surface area (TPSA) is 60.3 Å². The molecule has 0 saturated carbocycles. The van der Waals surface area contributed by atoms with Gasteiger partial charge in [-0.2, -0.15) is 0 Å². The fraction of sp³-hybridized carbons (Fsp3) is 0.727. The summed E-state index contributed by atoms with van der Waals surface area (Å²) in [5, 5.41) is 3.14. The summed E-state index contributed by atoms with van der Waals surface area (Å²) in [6.07, 6.45) is 3.47. The normalized spacial score (nSPS) is 20.0. The van der Waals surface area contributed by atoms with Crippen LogP contribution in [0.2, 0.25) is 0 Å². The van der Waals surface area contributed by atoms with Gasteiger partial charge in [-0.3, -0.25) is 9.59 Å². The highest BCUT2D eigenvalue weighted by Gasteiger charge is 2.37. The molecule has 0 bridgehead atoms. The minimum Gasteiger partial charge on any atom is -0.381 e. The Kier molecular flexibility index (Phi) is 5.80. The Hall–Kier alpha value is -1.62. The third-order valence-electron chi connectivity index (χ3n) is 5.79. The summed E-state index contributed by atoms with van der Waals surface area (Å²) >= 11 is 0. The second kappa shape index (κ2) is 7.78. The molecule has 2 heterocycles. The molecular weight excluding hydrogens is 340 g/mol. The van der Waals surface area contributed by atoms with Gasteiger partial charge in [-0.05, 0) is 43.1 Å². The van der Waals surface area contributed by atoms with E-state index in [0.29, 0.717) is 32.0 Å². The molecule has 2 aliphatic rings. The molecule has 1 saturated heterocycles. The van der Waals surface area contributed by atoms with E-state index in [-0.39, 0.29) is 23.1 Å². The number of ketones is 1. The number of aromatic nitrogens is 1. The van der Waals surface area contributed by atoms with Crippen molar-refractivity contribution in [2.45, 2.75) is 79.3 Å². The van der Waals surface area contributed by atoms with Crippen LogP contribution in [0, 0.1) is 18.3 Å². The van der Waals surface area contributed by atoms with Gasteiger partial charge < -0.3 is 14.6 Å². The third-order valence-corrected chi connectivity index (χ3v) is 5.79. The maximum Gasteiger partial charge on any atom is 0.224 e.